The quantitative estimate of drug-likeness (QED) is 0.826. The Kier molecular flexibility index (Phi) is 4.93. The maximum atomic E-state index is 10.5. The maximum Gasteiger partial charge on any atom is 0.328 e. The van der Waals surface area contributed by atoms with Crippen LogP contribution in [-0.2, 0) is 11.4 Å². The number of benzene rings is 1. The van der Waals surface area contributed by atoms with Crippen molar-refractivity contribution in [1.82, 2.24) is 4.98 Å². The number of hydrogen-bond donors (Lipinski definition) is 1. The molecule has 5 heteroatoms. The van der Waals surface area contributed by atoms with Gasteiger partial charge in [0.05, 0.1) is 13.3 Å². The smallest absolute Gasteiger partial charge is 0.328 e. The zero-order valence-electron chi connectivity index (χ0n) is 11.5. The van der Waals surface area contributed by atoms with Crippen molar-refractivity contribution in [2.45, 2.75) is 6.61 Å². The van der Waals surface area contributed by atoms with Crippen LogP contribution in [0.3, 0.4) is 0 Å². The average Bonchev–Trinajstić information content (AvgIpc) is 2.52. The second-order valence-corrected chi connectivity index (χ2v) is 4.22. The first-order chi connectivity index (χ1) is 10.2. The number of carboxylic acids is 1. The number of pyridine rings is 1. The summed E-state index contributed by atoms with van der Waals surface area (Å²) in [6, 6.07) is 9.00. The normalized spacial score (nSPS) is 10.5. The summed E-state index contributed by atoms with van der Waals surface area (Å²) in [5.74, 6) is 0.358. The van der Waals surface area contributed by atoms with Gasteiger partial charge in [-0.3, -0.25) is 4.98 Å². The summed E-state index contributed by atoms with van der Waals surface area (Å²) in [6.45, 7) is 0.309. The number of ether oxygens (including phenoxy) is 2. The molecule has 0 saturated heterocycles. The zero-order valence-corrected chi connectivity index (χ0v) is 11.5. The minimum absolute atomic E-state index is 0.309. The van der Waals surface area contributed by atoms with Gasteiger partial charge >= 0.3 is 5.97 Å². The van der Waals surface area contributed by atoms with E-state index in [-0.39, 0.29) is 0 Å². The van der Waals surface area contributed by atoms with Gasteiger partial charge in [-0.25, -0.2) is 4.79 Å². The van der Waals surface area contributed by atoms with Crippen LogP contribution in [0.2, 0.25) is 0 Å². The van der Waals surface area contributed by atoms with Crippen LogP contribution < -0.4 is 9.47 Å². The van der Waals surface area contributed by atoms with Gasteiger partial charge in [0.15, 0.2) is 0 Å². The first-order valence-electron chi connectivity index (χ1n) is 6.30. The van der Waals surface area contributed by atoms with Crippen molar-refractivity contribution in [3.05, 3.63) is 59.9 Å². The Morgan fingerprint density at radius 1 is 1.38 bits per heavy atom. The third-order valence-electron chi connectivity index (χ3n) is 2.75. The van der Waals surface area contributed by atoms with E-state index < -0.39 is 5.97 Å². The summed E-state index contributed by atoms with van der Waals surface area (Å²) < 4.78 is 10.9. The summed E-state index contributed by atoms with van der Waals surface area (Å²) in [7, 11) is 1.58. The van der Waals surface area contributed by atoms with E-state index in [0.29, 0.717) is 18.1 Å². The van der Waals surface area contributed by atoms with Gasteiger partial charge < -0.3 is 14.6 Å². The molecule has 0 spiro atoms. The van der Waals surface area contributed by atoms with Crippen LogP contribution in [0.15, 0.2) is 48.8 Å². The molecule has 0 radical (unpaired) electrons. The van der Waals surface area contributed by atoms with E-state index in [1.54, 1.807) is 37.7 Å². The van der Waals surface area contributed by atoms with Crippen molar-refractivity contribution in [3.63, 3.8) is 0 Å². The molecule has 1 aromatic carbocycles. The zero-order chi connectivity index (χ0) is 15.1. The van der Waals surface area contributed by atoms with E-state index in [0.717, 1.165) is 17.2 Å². The lowest BCUT2D eigenvalue weighted by atomic mass is 10.1. The molecule has 2 rings (SSSR count). The molecule has 108 valence electrons. The molecule has 0 bridgehead atoms. The van der Waals surface area contributed by atoms with Crippen LogP contribution in [-0.4, -0.2) is 23.2 Å². The molecule has 5 nitrogen and oxygen atoms in total. The van der Waals surface area contributed by atoms with Crippen LogP contribution in [0.25, 0.3) is 6.08 Å². The summed E-state index contributed by atoms with van der Waals surface area (Å²) in [6.07, 6.45) is 5.91. The number of aliphatic carboxylic acids is 1. The van der Waals surface area contributed by atoms with Gasteiger partial charge in [-0.05, 0) is 35.9 Å². The van der Waals surface area contributed by atoms with Crippen LogP contribution in [0.4, 0.5) is 0 Å². The summed E-state index contributed by atoms with van der Waals surface area (Å²) in [4.78, 5) is 14.5. The van der Waals surface area contributed by atoms with E-state index in [4.69, 9.17) is 14.6 Å². The molecule has 1 N–H and O–H groups in total. The molecule has 0 unspecified atom stereocenters. The highest BCUT2D eigenvalue weighted by molar-refractivity contribution is 5.85. The lowest BCUT2D eigenvalue weighted by Crippen LogP contribution is -1.99. The Balaban J connectivity index is 2.16. The first-order valence-corrected chi connectivity index (χ1v) is 6.30. The molecular weight excluding hydrogens is 270 g/mol. The fourth-order valence-electron chi connectivity index (χ4n) is 1.78. The average molecular weight is 285 g/mol. The SMILES string of the molecule is COc1ccc(C=CC(=O)O)cc1COc1cccnc1. The molecule has 0 amide bonds. The Labute approximate surface area is 122 Å². The Bertz CT molecular complexity index is 638. The van der Waals surface area contributed by atoms with Crippen molar-refractivity contribution in [3.8, 4) is 11.5 Å². The van der Waals surface area contributed by atoms with Crippen LogP contribution >= 0.6 is 0 Å². The minimum atomic E-state index is -0.987. The minimum Gasteiger partial charge on any atom is -0.496 e. The summed E-state index contributed by atoms with van der Waals surface area (Å²) >= 11 is 0. The topological polar surface area (TPSA) is 68.7 Å². The third-order valence-corrected chi connectivity index (χ3v) is 2.75. The molecular formula is C16H15NO4. The monoisotopic (exact) mass is 285 g/mol. The standard InChI is InChI=1S/C16H15NO4/c1-20-15-6-4-12(5-7-16(18)19)9-13(15)11-21-14-3-2-8-17-10-14/h2-10H,11H2,1H3,(H,18,19). The lowest BCUT2D eigenvalue weighted by molar-refractivity contribution is -0.131. The Hall–Kier alpha value is -2.82. The molecule has 0 atom stereocenters. The molecule has 21 heavy (non-hydrogen) atoms. The van der Waals surface area contributed by atoms with Gasteiger partial charge in [-0.15, -0.1) is 0 Å². The van der Waals surface area contributed by atoms with Crippen LogP contribution in [0, 0.1) is 0 Å². The molecule has 0 saturated carbocycles. The third kappa shape index (κ3) is 4.35. The summed E-state index contributed by atoms with van der Waals surface area (Å²) in [5.41, 5.74) is 1.59. The Morgan fingerprint density at radius 3 is 2.90 bits per heavy atom. The molecule has 0 aliphatic heterocycles. The fourth-order valence-corrected chi connectivity index (χ4v) is 1.78. The number of rotatable bonds is 6. The van der Waals surface area contributed by atoms with E-state index >= 15 is 0 Å². The van der Waals surface area contributed by atoms with E-state index in [2.05, 4.69) is 4.98 Å². The van der Waals surface area contributed by atoms with Gasteiger partial charge in [0.25, 0.3) is 0 Å². The van der Waals surface area contributed by atoms with Gasteiger partial charge in [0.1, 0.15) is 18.1 Å². The number of aromatic nitrogens is 1. The first kappa shape index (κ1) is 14.6. The lowest BCUT2D eigenvalue weighted by Gasteiger charge is -2.11. The number of nitrogens with zero attached hydrogens (tertiary/aromatic N) is 1. The van der Waals surface area contributed by atoms with Crippen molar-refractivity contribution >= 4 is 12.0 Å². The number of methoxy groups -OCH3 is 1. The van der Waals surface area contributed by atoms with Gasteiger partial charge in [0, 0.05) is 17.8 Å². The van der Waals surface area contributed by atoms with Crippen molar-refractivity contribution in [2.24, 2.45) is 0 Å². The highest BCUT2D eigenvalue weighted by Crippen LogP contribution is 2.22. The second kappa shape index (κ2) is 7.09. The van der Waals surface area contributed by atoms with Crippen molar-refractivity contribution in [1.29, 1.82) is 0 Å². The fraction of sp³-hybridized carbons (Fsp3) is 0.125. The predicted molar refractivity (Wildman–Crippen MR) is 78.2 cm³/mol. The molecule has 0 aliphatic carbocycles. The molecule has 1 aromatic heterocycles. The number of carbonyl (C=O) groups is 1. The number of hydrogen-bond acceptors (Lipinski definition) is 4. The van der Waals surface area contributed by atoms with Gasteiger partial charge in [0.2, 0.25) is 0 Å². The van der Waals surface area contributed by atoms with E-state index in [9.17, 15) is 4.79 Å². The molecule has 0 fully saturated rings. The summed E-state index contributed by atoms with van der Waals surface area (Å²) in [5, 5.41) is 8.65. The second-order valence-electron chi connectivity index (χ2n) is 4.22. The van der Waals surface area contributed by atoms with Gasteiger partial charge in [-0.1, -0.05) is 6.07 Å². The van der Waals surface area contributed by atoms with Crippen LogP contribution in [0.5, 0.6) is 11.5 Å². The highest BCUT2D eigenvalue weighted by atomic mass is 16.5. The van der Waals surface area contributed by atoms with E-state index in [1.807, 2.05) is 12.1 Å². The highest BCUT2D eigenvalue weighted by Gasteiger charge is 2.05. The largest absolute Gasteiger partial charge is 0.496 e. The van der Waals surface area contributed by atoms with Crippen molar-refractivity contribution < 1.29 is 19.4 Å². The predicted octanol–water partition coefficient (Wildman–Crippen LogP) is 2.77. The number of carboxylic acid groups (broad SMARTS) is 1. The molecule has 0 aliphatic rings. The molecule has 1 heterocycles. The Morgan fingerprint density at radius 2 is 2.24 bits per heavy atom. The molecule has 2 aromatic rings. The van der Waals surface area contributed by atoms with Gasteiger partial charge in [-0.2, -0.15) is 0 Å². The van der Waals surface area contributed by atoms with Crippen molar-refractivity contribution in [2.75, 3.05) is 7.11 Å². The van der Waals surface area contributed by atoms with E-state index in [1.165, 1.54) is 6.08 Å². The maximum absolute atomic E-state index is 10.5. The van der Waals surface area contributed by atoms with Crippen LogP contribution in [0.1, 0.15) is 11.1 Å².